The van der Waals surface area contributed by atoms with Gasteiger partial charge in [0.05, 0.1) is 6.61 Å². The molecule has 0 aliphatic carbocycles. The zero-order valence-electron chi connectivity index (χ0n) is 11.8. The van der Waals surface area contributed by atoms with E-state index in [1.807, 2.05) is 0 Å². The number of carbonyl (C=O) groups is 1. The maximum Gasteiger partial charge on any atom is 0.220 e. The van der Waals surface area contributed by atoms with Crippen molar-refractivity contribution in [3.05, 3.63) is 0 Å². The third-order valence-corrected chi connectivity index (χ3v) is 3.45. The molecule has 1 amide bonds. The van der Waals surface area contributed by atoms with Gasteiger partial charge in [-0.25, -0.2) is 0 Å². The molecule has 0 aromatic heterocycles. The zero-order chi connectivity index (χ0) is 13.4. The van der Waals surface area contributed by atoms with E-state index < -0.39 is 0 Å². The Bertz CT molecular complexity index is 238. The first-order valence-electron chi connectivity index (χ1n) is 7.16. The van der Waals surface area contributed by atoms with Gasteiger partial charge in [-0.3, -0.25) is 4.79 Å². The summed E-state index contributed by atoms with van der Waals surface area (Å²) in [6, 6.07) is 0. The average molecular weight is 256 g/mol. The van der Waals surface area contributed by atoms with E-state index in [2.05, 4.69) is 19.2 Å². The monoisotopic (exact) mass is 256 g/mol. The van der Waals surface area contributed by atoms with Gasteiger partial charge in [0.2, 0.25) is 5.91 Å². The van der Waals surface area contributed by atoms with Crippen molar-refractivity contribution < 1.29 is 9.53 Å². The van der Waals surface area contributed by atoms with Crippen LogP contribution in [0.1, 0.15) is 39.5 Å². The molecule has 1 rings (SSSR count). The highest BCUT2D eigenvalue weighted by Crippen LogP contribution is 2.15. The highest BCUT2D eigenvalue weighted by atomic mass is 16.5. The maximum absolute atomic E-state index is 11.8. The van der Waals surface area contributed by atoms with Crippen LogP contribution in [0.15, 0.2) is 0 Å². The normalized spacial score (nSPS) is 21.9. The average Bonchev–Trinajstić information content (AvgIpc) is 2.36. The van der Waals surface area contributed by atoms with Crippen molar-refractivity contribution in [2.24, 2.45) is 23.5 Å². The summed E-state index contributed by atoms with van der Waals surface area (Å²) >= 11 is 0. The van der Waals surface area contributed by atoms with Gasteiger partial charge >= 0.3 is 0 Å². The van der Waals surface area contributed by atoms with Crippen LogP contribution in [0.2, 0.25) is 0 Å². The Hall–Kier alpha value is -0.610. The van der Waals surface area contributed by atoms with E-state index in [0.717, 1.165) is 39.0 Å². The highest BCUT2D eigenvalue weighted by Gasteiger charge is 2.17. The topological polar surface area (TPSA) is 64.4 Å². The van der Waals surface area contributed by atoms with Gasteiger partial charge in [0, 0.05) is 19.6 Å². The largest absolute Gasteiger partial charge is 0.381 e. The van der Waals surface area contributed by atoms with Crippen molar-refractivity contribution in [3.8, 4) is 0 Å². The number of ether oxygens (including phenoxy) is 1. The van der Waals surface area contributed by atoms with E-state index in [1.54, 1.807) is 0 Å². The van der Waals surface area contributed by atoms with Gasteiger partial charge in [0.15, 0.2) is 0 Å². The Labute approximate surface area is 111 Å². The van der Waals surface area contributed by atoms with Crippen molar-refractivity contribution in [1.82, 2.24) is 5.32 Å². The van der Waals surface area contributed by atoms with E-state index >= 15 is 0 Å². The van der Waals surface area contributed by atoms with Gasteiger partial charge in [0.1, 0.15) is 0 Å². The Balaban J connectivity index is 2.18. The number of amides is 1. The van der Waals surface area contributed by atoms with Crippen LogP contribution in [0.25, 0.3) is 0 Å². The molecule has 0 aromatic rings. The lowest BCUT2D eigenvalue weighted by atomic mass is 9.94. The molecule has 0 saturated carbocycles. The first-order chi connectivity index (χ1) is 8.61. The van der Waals surface area contributed by atoms with Gasteiger partial charge < -0.3 is 15.8 Å². The van der Waals surface area contributed by atoms with Gasteiger partial charge in [-0.05, 0) is 43.6 Å². The van der Waals surface area contributed by atoms with Crippen molar-refractivity contribution in [2.75, 3.05) is 26.3 Å². The van der Waals surface area contributed by atoms with Crippen LogP contribution in [0.4, 0.5) is 0 Å². The third-order valence-electron chi connectivity index (χ3n) is 3.45. The molecule has 1 saturated heterocycles. The molecule has 0 spiro atoms. The van der Waals surface area contributed by atoms with Gasteiger partial charge in [-0.1, -0.05) is 13.8 Å². The molecule has 1 heterocycles. The fourth-order valence-corrected chi connectivity index (χ4v) is 2.49. The molecule has 1 fully saturated rings. The van der Waals surface area contributed by atoms with Crippen LogP contribution in [0.3, 0.4) is 0 Å². The van der Waals surface area contributed by atoms with Crippen molar-refractivity contribution in [3.63, 3.8) is 0 Å². The van der Waals surface area contributed by atoms with Gasteiger partial charge in [0.25, 0.3) is 0 Å². The number of nitrogens with two attached hydrogens (primary N) is 1. The molecular formula is C14H28N2O2. The SMILES string of the molecule is CC(C)C[C@H](CN)CC(=O)NCC1CCCOC1. The lowest BCUT2D eigenvalue weighted by Gasteiger charge is -2.23. The van der Waals surface area contributed by atoms with Gasteiger partial charge in [-0.15, -0.1) is 0 Å². The minimum Gasteiger partial charge on any atom is -0.381 e. The Morgan fingerprint density at radius 1 is 1.50 bits per heavy atom. The summed E-state index contributed by atoms with van der Waals surface area (Å²) in [5.74, 6) is 1.53. The molecule has 1 aliphatic heterocycles. The molecule has 4 heteroatoms. The highest BCUT2D eigenvalue weighted by molar-refractivity contribution is 5.76. The zero-order valence-corrected chi connectivity index (χ0v) is 11.8. The molecule has 18 heavy (non-hydrogen) atoms. The molecule has 3 N–H and O–H groups in total. The van der Waals surface area contributed by atoms with Gasteiger partial charge in [-0.2, -0.15) is 0 Å². The second-order valence-corrected chi connectivity index (χ2v) is 5.82. The lowest BCUT2D eigenvalue weighted by Crippen LogP contribution is -2.35. The Kier molecular flexibility index (Phi) is 7.28. The third kappa shape index (κ3) is 6.36. The van der Waals surface area contributed by atoms with Crippen LogP contribution < -0.4 is 11.1 Å². The molecule has 2 atom stereocenters. The minimum absolute atomic E-state index is 0.136. The van der Waals surface area contributed by atoms with Crippen LogP contribution in [0.5, 0.6) is 0 Å². The van der Waals surface area contributed by atoms with Crippen LogP contribution >= 0.6 is 0 Å². The van der Waals surface area contributed by atoms with E-state index in [-0.39, 0.29) is 5.91 Å². The maximum atomic E-state index is 11.8. The van der Waals surface area contributed by atoms with Crippen LogP contribution in [-0.2, 0) is 9.53 Å². The van der Waals surface area contributed by atoms with E-state index in [9.17, 15) is 4.79 Å². The fourth-order valence-electron chi connectivity index (χ4n) is 2.49. The van der Waals surface area contributed by atoms with Crippen LogP contribution in [-0.4, -0.2) is 32.2 Å². The number of hydrogen-bond donors (Lipinski definition) is 2. The van der Waals surface area contributed by atoms with Crippen LogP contribution in [0, 0.1) is 17.8 Å². The quantitative estimate of drug-likeness (QED) is 0.726. The summed E-state index contributed by atoms with van der Waals surface area (Å²) in [5, 5.41) is 3.02. The molecule has 4 nitrogen and oxygen atoms in total. The summed E-state index contributed by atoms with van der Waals surface area (Å²) in [7, 11) is 0. The van der Waals surface area contributed by atoms with E-state index in [0.29, 0.717) is 30.7 Å². The van der Waals surface area contributed by atoms with E-state index in [1.165, 1.54) is 0 Å². The van der Waals surface area contributed by atoms with Crippen molar-refractivity contribution >= 4 is 5.91 Å². The number of rotatable bonds is 7. The summed E-state index contributed by atoms with van der Waals surface area (Å²) < 4.78 is 5.40. The smallest absolute Gasteiger partial charge is 0.220 e. The molecule has 106 valence electrons. The lowest BCUT2D eigenvalue weighted by molar-refractivity contribution is -0.122. The first kappa shape index (κ1) is 15.4. The van der Waals surface area contributed by atoms with E-state index in [4.69, 9.17) is 10.5 Å². The minimum atomic E-state index is 0.136. The fraction of sp³-hybridized carbons (Fsp3) is 0.929. The summed E-state index contributed by atoms with van der Waals surface area (Å²) in [5.41, 5.74) is 5.71. The predicted octanol–water partition coefficient (Wildman–Crippen LogP) is 1.54. The Morgan fingerprint density at radius 3 is 2.83 bits per heavy atom. The summed E-state index contributed by atoms with van der Waals surface area (Å²) in [6.07, 6.45) is 3.85. The second-order valence-electron chi connectivity index (χ2n) is 5.82. The summed E-state index contributed by atoms with van der Waals surface area (Å²) in [6.45, 7) is 7.33. The second kappa shape index (κ2) is 8.48. The first-order valence-corrected chi connectivity index (χ1v) is 7.16. The molecule has 0 bridgehead atoms. The predicted molar refractivity (Wildman–Crippen MR) is 73.2 cm³/mol. The molecule has 1 aliphatic rings. The number of hydrogen-bond acceptors (Lipinski definition) is 3. The number of nitrogens with one attached hydrogen (secondary N) is 1. The molecule has 1 unspecified atom stereocenters. The van der Waals surface area contributed by atoms with Crippen molar-refractivity contribution in [2.45, 2.75) is 39.5 Å². The summed E-state index contributed by atoms with van der Waals surface area (Å²) in [4.78, 5) is 11.8. The number of carbonyl (C=O) groups excluding carboxylic acids is 1. The molecular weight excluding hydrogens is 228 g/mol. The Morgan fingerprint density at radius 2 is 2.28 bits per heavy atom. The molecule has 0 aromatic carbocycles. The molecule has 0 radical (unpaired) electrons. The standard InChI is InChI=1S/C14H28N2O2/c1-11(2)6-13(8-15)7-14(17)16-9-12-4-3-5-18-10-12/h11-13H,3-10,15H2,1-2H3,(H,16,17)/t12?,13-/m0/s1. The van der Waals surface area contributed by atoms with Crippen molar-refractivity contribution in [1.29, 1.82) is 0 Å².